The number of hydrogen-bond donors (Lipinski definition) is 2. The molecule has 0 radical (unpaired) electrons. The maximum Gasteiger partial charge on any atom is 0.0795 e. The van der Waals surface area contributed by atoms with Gasteiger partial charge in [0.25, 0.3) is 0 Å². The lowest BCUT2D eigenvalue weighted by Gasteiger charge is -2.43. The number of rotatable bonds is 0. The molecule has 14 heavy (non-hydrogen) atoms. The van der Waals surface area contributed by atoms with Crippen molar-refractivity contribution in [2.45, 2.75) is 66.3 Å². The summed E-state index contributed by atoms with van der Waals surface area (Å²) in [5, 5.41) is 0. The zero-order valence-electron chi connectivity index (χ0n) is 10.6. The van der Waals surface area contributed by atoms with Crippen molar-refractivity contribution in [2.75, 3.05) is 0 Å². The normalized spacial score (nSPS) is 31.1. The third kappa shape index (κ3) is 2.27. The molecule has 3 nitrogen and oxygen atoms in total. The van der Waals surface area contributed by atoms with Gasteiger partial charge in [-0.05, 0) is 33.1 Å². The van der Waals surface area contributed by atoms with Crippen LogP contribution in [-0.4, -0.2) is 22.8 Å². The molecule has 0 amide bonds. The summed E-state index contributed by atoms with van der Waals surface area (Å²) in [5.41, 5.74) is 7.12. The first-order valence-electron chi connectivity index (χ1n) is 5.43. The number of hydrogen-bond acceptors (Lipinski definition) is 3. The SMILES string of the molecule is C[C@@H]1NNC(C(C)(C)C)N1C(C)(C)C. The second-order valence-electron chi connectivity index (χ2n) is 6.31. The van der Waals surface area contributed by atoms with E-state index in [9.17, 15) is 0 Å². The molecule has 2 N–H and O–H groups in total. The van der Waals surface area contributed by atoms with Gasteiger partial charge in [0.1, 0.15) is 0 Å². The van der Waals surface area contributed by atoms with Crippen molar-refractivity contribution in [1.82, 2.24) is 15.8 Å². The predicted octanol–water partition coefficient (Wildman–Crippen LogP) is 1.91. The lowest BCUT2D eigenvalue weighted by Crippen LogP contribution is -2.55. The van der Waals surface area contributed by atoms with Gasteiger partial charge in [-0.15, -0.1) is 0 Å². The highest BCUT2D eigenvalue weighted by Crippen LogP contribution is 2.31. The molecule has 1 saturated heterocycles. The van der Waals surface area contributed by atoms with Crippen molar-refractivity contribution in [2.24, 2.45) is 5.41 Å². The Labute approximate surface area is 88.2 Å². The minimum Gasteiger partial charge on any atom is -0.265 e. The minimum absolute atomic E-state index is 0.188. The molecular weight excluding hydrogens is 174 g/mol. The van der Waals surface area contributed by atoms with Crippen LogP contribution in [-0.2, 0) is 0 Å². The van der Waals surface area contributed by atoms with Gasteiger partial charge in [-0.2, -0.15) is 0 Å². The zero-order chi connectivity index (χ0) is 11.1. The summed E-state index contributed by atoms with van der Waals surface area (Å²) >= 11 is 0. The fourth-order valence-electron chi connectivity index (χ4n) is 2.16. The Morgan fingerprint density at radius 2 is 1.43 bits per heavy atom. The maximum absolute atomic E-state index is 3.38. The van der Waals surface area contributed by atoms with Crippen molar-refractivity contribution in [3.63, 3.8) is 0 Å². The molecule has 84 valence electrons. The van der Waals surface area contributed by atoms with Gasteiger partial charge in [-0.3, -0.25) is 4.90 Å². The Morgan fingerprint density at radius 3 is 1.71 bits per heavy atom. The number of hydrazine groups is 1. The van der Waals surface area contributed by atoms with Crippen LogP contribution in [0.25, 0.3) is 0 Å². The molecule has 0 saturated carbocycles. The molecule has 1 rings (SSSR count). The van der Waals surface area contributed by atoms with E-state index in [0.717, 1.165) is 0 Å². The fraction of sp³-hybridized carbons (Fsp3) is 1.00. The molecular formula is C11H25N3. The van der Waals surface area contributed by atoms with E-state index in [0.29, 0.717) is 12.3 Å². The topological polar surface area (TPSA) is 27.3 Å². The van der Waals surface area contributed by atoms with E-state index in [4.69, 9.17) is 0 Å². The van der Waals surface area contributed by atoms with Crippen molar-refractivity contribution < 1.29 is 0 Å². The minimum atomic E-state index is 0.188. The number of nitrogens with one attached hydrogen (secondary N) is 2. The first-order valence-corrected chi connectivity index (χ1v) is 5.43. The van der Waals surface area contributed by atoms with Gasteiger partial charge in [0.15, 0.2) is 0 Å². The van der Waals surface area contributed by atoms with E-state index >= 15 is 0 Å². The summed E-state index contributed by atoms with van der Waals surface area (Å²) in [6.07, 6.45) is 0.775. The molecule has 2 atom stereocenters. The highest BCUT2D eigenvalue weighted by atomic mass is 15.6. The van der Waals surface area contributed by atoms with Crippen LogP contribution in [0, 0.1) is 5.41 Å². The highest BCUT2D eigenvalue weighted by Gasteiger charge is 2.42. The van der Waals surface area contributed by atoms with Gasteiger partial charge in [-0.25, -0.2) is 10.9 Å². The zero-order valence-corrected chi connectivity index (χ0v) is 10.6. The van der Waals surface area contributed by atoms with Gasteiger partial charge in [0.2, 0.25) is 0 Å². The smallest absolute Gasteiger partial charge is 0.0795 e. The fourth-order valence-corrected chi connectivity index (χ4v) is 2.16. The molecule has 0 spiro atoms. The second kappa shape index (κ2) is 3.47. The van der Waals surface area contributed by atoms with E-state index in [1.54, 1.807) is 0 Å². The van der Waals surface area contributed by atoms with Crippen LogP contribution < -0.4 is 10.9 Å². The van der Waals surface area contributed by atoms with Crippen LogP contribution >= 0.6 is 0 Å². The Bertz CT molecular complexity index is 200. The van der Waals surface area contributed by atoms with Crippen LogP contribution in [0.2, 0.25) is 0 Å². The molecule has 1 heterocycles. The van der Waals surface area contributed by atoms with Gasteiger partial charge in [0.05, 0.1) is 12.3 Å². The van der Waals surface area contributed by atoms with Gasteiger partial charge >= 0.3 is 0 Å². The Hall–Kier alpha value is -0.120. The van der Waals surface area contributed by atoms with Crippen LogP contribution in [0.4, 0.5) is 0 Å². The Balaban J connectivity index is 2.88. The van der Waals surface area contributed by atoms with Crippen molar-refractivity contribution in [3.05, 3.63) is 0 Å². The summed E-state index contributed by atoms with van der Waals surface area (Å²) < 4.78 is 0. The quantitative estimate of drug-likeness (QED) is 0.624. The standard InChI is InChI=1S/C11H25N3/c1-8-12-13-9(10(2,3)4)14(8)11(5,6)7/h8-9,12-13H,1-7H3/t8-,9?/m1/s1. The van der Waals surface area contributed by atoms with Crippen LogP contribution in [0.5, 0.6) is 0 Å². The lowest BCUT2D eigenvalue weighted by atomic mass is 9.89. The average Bonchev–Trinajstić information content (AvgIpc) is 2.27. The second-order valence-corrected chi connectivity index (χ2v) is 6.31. The molecule has 0 bridgehead atoms. The third-order valence-electron chi connectivity index (χ3n) is 2.72. The van der Waals surface area contributed by atoms with Gasteiger partial charge in [0, 0.05) is 5.54 Å². The molecule has 0 aromatic heterocycles. The predicted molar refractivity (Wildman–Crippen MR) is 60.6 cm³/mol. The van der Waals surface area contributed by atoms with E-state index in [1.807, 2.05) is 0 Å². The lowest BCUT2D eigenvalue weighted by molar-refractivity contribution is 0.0229. The molecule has 3 heteroatoms. The van der Waals surface area contributed by atoms with Crippen LogP contribution in [0.1, 0.15) is 48.5 Å². The summed E-state index contributed by atoms with van der Waals surface area (Å²) in [5.74, 6) is 0. The van der Waals surface area contributed by atoms with E-state index in [1.165, 1.54) is 0 Å². The summed E-state index contributed by atoms with van der Waals surface area (Å²) in [6.45, 7) is 15.8. The van der Waals surface area contributed by atoms with Gasteiger partial charge < -0.3 is 0 Å². The Morgan fingerprint density at radius 1 is 0.929 bits per heavy atom. The van der Waals surface area contributed by atoms with Crippen molar-refractivity contribution in [1.29, 1.82) is 0 Å². The monoisotopic (exact) mass is 199 g/mol. The maximum atomic E-state index is 3.38. The molecule has 1 fully saturated rings. The van der Waals surface area contributed by atoms with Crippen LogP contribution in [0.3, 0.4) is 0 Å². The molecule has 1 aliphatic rings. The molecule has 1 unspecified atom stereocenters. The van der Waals surface area contributed by atoms with Crippen molar-refractivity contribution in [3.8, 4) is 0 Å². The van der Waals surface area contributed by atoms with E-state index in [2.05, 4.69) is 64.2 Å². The largest absolute Gasteiger partial charge is 0.265 e. The molecule has 0 aromatic carbocycles. The first-order chi connectivity index (χ1) is 6.14. The van der Waals surface area contributed by atoms with Crippen molar-refractivity contribution >= 4 is 0 Å². The molecule has 1 aliphatic heterocycles. The van der Waals surface area contributed by atoms with Crippen LogP contribution in [0.15, 0.2) is 0 Å². The Kier molecular flexibility index (Phi) is 2.96. The first kappa shape index (κ1) is 12.0. The summed E-state index contributed by atoms with van der Waals surface area (Å²) in [6, 6.07) is 0. The van der Waals surface area contributed by atoms with Gasteiger partial charge in [-0.1, -0.05) is 20.8 Å². The third-order valence-corrected chi connectivity index (χ3v) is 2.72. The number of nitrogens with zero attached hydrogens (tertiary/aromatic N) is 1. The van der Waals surface area contributed by atoms with E-state index < -0.39 is 0 Å². The molecule has 0 aromatic rings. The molecule has 0 aliphatic carbocycles. The summed E-state index contributed by atoms with van der Waals surface area (Å²) in [4.78, 5) is 2.49. The highest BCUT2D eigenvalue weighted by molar-refractivity contribution is 4.93. The summed E-state index contributed by atoms with van der Waals surface area (Å²) in [7, 11) is 0. The average molecular weight is 199 g/mol. The van der Waals surface area contributed by atoms with E-state index in [-0.39, 0.29) is 11.0 Å².